The summed E-state index contributed by atoms with van der Waals surface area (Å²) in [6.45, 7) is 2.02. The zero-order valence-electron chi connectivity index (χ0n) is 11.5. The maximum atomic E-state index is 13.8. The second kappa shape index (κ2) is 5.63. The maximum Gasteiger partial charge on any atom is 0.167 e. The molecule has 1 unspecified atom stereocenters. The molecule has 0 spiro atoms. The highest BCUT2D eigenvalue weighted by molar-refractivity contribution is 5.40. The molecule has 106 valence electrons. The van der Waals surface area contributed by atoms with E-state index in [2.05, 4.69) is 10.3 Å². The number of ether oxygens (including phenoxy) is 1. The number of nitrogens with one attached hydrogen (secondary N) is 1. The van der Waals surface area contributed by atoms with Gasteiger partial charge in [-0.3, -0.25) is 0 Å². The summed E-state index contributed by atoms with van der Waals surface area (Å²) in [7, 11) is 1.47. The van der Waals surface area contributed by atoms with E-state index in [9.17, 15) is 4.39 Å². The van der Waals surface area contributed by atoms with Crippen molar-refractivity contribution in [2.45, 2.75) is 18.8 Å². The molecule has 1 aromatic heterocycles. The molecular formula is C15H18FN3O. The molecule has 2 aromatic rings. The molecule has 5 heteroatoms. The molecule has 0 radical (unpaired) electrons. The quantitative estimate of drug-likeness (QED) is 0.935. The van der Waals surface area contributed by atoms with Crippen LogP contribution >= 0.6 is 0 Å². The van der Waals surface area contributed by atoms with Crippen LogP contribution in [0.2, 0.25) is 0 Å². The number of halogens is 1. The van der Waals surface area contributed by atoms with Crippen LogP contribution in [0.5, 0.6) is 5.75 Å². The average Bonchev–Trinajstić information content (AvgIpc) is 2.97. The normalized spacial score (nSPS) is 19.0. The molecule has 0 amide bonds. The molecule has 1 saturated heterocycles. The Balaban J connectivity index is 1.94. The van der Waals surface area contributed by atoms with Gasteiger partial charge in [-0.15, -0.1) is 0 Å². The maximum absolute atomic E-state index is 13.8. The van der Waals surface area contributed by atoms with Crippen LogP contribution in [0.4, 0.5) is 4.39 Å². The highest BCUT2D eigenvalue weighted by Crippen LogP contribution is 2.27. The summed E-state index contributed by atoms with van der Waals surface area (Å²) < 4.78 is 20.8. The number of piperidine rings is 1. The average molecular weight is 275 g/mol. The first-order chi connectivity index (χ1) is 9.79. The molecule has 1 fully saturated rings. The molecule has 2 heterocycles. The molecule has 1 aliphatic heterocycles. The molecule has 1 atom stereocenters. The zero-order chi connectivity index (χ0) is 13.9. The van der Waals surface area contributed by atoms with Crippen molar-refractivity contribution in [3.8, 4) is 11.4 Å². The van der Waals surface area contributed by atoms with E-state index >= 15 is 0 Å². The molecule has 1 aromatic carbocycles. The second-order valence-corrected chi connectivity index (χ2v) is 5.05. The third kappa shape index (κ3) is 2.41. The lowest BCUT2D eigenvalue weighted by Gasteiger charge is -2.23. The summed E-state index contributed by atoms with van der Waals surface area (Å²) in [5, 5.41) is 3.40. The van der Waals surface area contributed by atoms with Crippen molar-refractivity contribution in [2.24, 2.45) is 0 Å². The van der Waals surface area contributed by atoms with Gasteiger partial charge in [-0.05, 0) is 31.5 Å². The fourth-order valence-corrected chi connectivity index (χ4v) is 2.73. The predicted octanol–water partition coefficient (Wildman–Crippen LogP) is 2.49. The highest BCUT2D eigenvalue weighted by atomic mass is 19.1. The molecular weight excluding hydrogens is 257 g/mol. The topological polar surface area (TPSA) is 39.1 Å². The minimum absolute atomic E-state index is 0.259. The smallest absolute Gasteiger partial charge is 0.167 e. The van der Waals surface area contributed by atoms with E-state index in [1.54, 1.807) is 12.4 Å². The van der Waals surface area contributed by atoms with E-state index in [-0.39, 0.29) is 11.6 Å². The summed E-state index contributed by atoms with van der Waals surface area (Å²) in [4.78, 5) is 4.23. The van der Waals surface area contributed by atoms with Crippen LogP contribution < -0.4 is 10.1 Å². The number of nitrogens with zero attached hydrogens (tertiary/aromatic N) is 2. The first kappa shape index (κ1) is 13.1. The molecule has 4 nitrogen and oxygen atoms in total. The minimum atomic E-state index is -0.355. The Hall–Kier alpha value is -1.88. The summed E-state index contributed by atoms with van der Waals surface area (Å²) in [6.07, 6.45) is 5.91. The molecule has 0 aliphatic carbocycles. The Morgan fingerprint density at radius 3 is 3.05 bits per heavy atom. The van der Waals surface area contributed by atoms with Gasteiger partial charge in [0.2, 0.25) is 0 Å². The van der Waals surface area contributed by atoms with Crippen LogP contribution in [-0.4, -0.2) is 29.8 Å². The summed E-state index contributed by atoms with van der Waals surface area (Å²) in [5.74, 6) is 0.331. The third-order valence-corrected chi connectivity index (χ3v) is 3.80. The fraction of sp³-hybridized carbons (Fsp3) is 0.400. The van der Waals surface area contributed by atoms with Gasteiger partial charge in [0.25, 0.3) is 0 Å². The second-order valence-electron chi connectivity index (χ2n) is 5.05. The Kier molecular flexibility index (Phi) is 3.69. The number of hydrogen-bond acceptors (Lipinski definition) is 3. The first-order valence-corrected chi connectivity index (χ1v) is 6.86. The molecule has 1 aliphatic rings. The van der Waals surface area contributed by atoms with Gasteiger partial charge in [0.15, 0.2) is 11.6 Å². The van der Waals surface area contributed by atoms with E-state index in [0.717, 1.165) is 37.3 Å². The van der Waals surface area contributed by atoms with Crippen LogP contribution in [0.3, 0.4) is 0 Å². The number of benzene rings is 1. The summed E-state index contributed by atoms with van der Waals surface area (Å²) in [6, 6.07) is 4.98. The Morgan fingerprint density at radius 1 is 1.45 bits per heavy atom. The van der Waals surface area contributed by atoms with Crippen molar-refractivity contribution in [1.82, 2.24) is 14.9 Å². The van der Waals surface area contributed by atoms with E-state index in [1.165, 1.54) is 13.2 Å². The van der Waals surface area contributed by atoms with Gasteiger partial charge in [0, 0.05) is 36.1 Å². The number of aromatic nitrogens is 2. The number of imidazole rings is 1. The summed E-state index contributed by atoms with van der Waals surface area (Å²) >= 11 is 0. The first-order valence-electron chi connectivity index (χ1n) is 6.86. The van der Waals surface area contributed by atoms with E-state index in [1.807, 2.05) is 16.8 Å². The van der Waals surface area contributed by atoms with Crippen molar-refractivity contribution in [2.75, 3.05) is 20.2 Å². The molecule has 20 heavy (non-hydrogen) atoms. The van der Waals surface area contributed by atoms with Crippen LogP contribution in [0, 0.1) is 5.82 Å². The van der Waals surface area contributed by atoms with Crippen molar-refractivity contribution >= 4 is 0 Å². The largest absolute Gasteiger partial charge is 0.494 e. The Bertz CT molecular complexity index is 591. The van der Waals surface area contributed by atoms with E-state index < -0.39 is 0 Å². The highest BCUT2D eigenvalue weighted by Gasteiger charge is 2.19. The fourth-order valence-electron chi connectivity index (χ4n) is 2.73. The standard InChI is InChI=1S/C15H18FN3O/c1-20-15-5-4-12(7-13(15)16)19-10-18-9-14(19)11-3-2-6-17-8-11/h4-5,7,9-11,17H,2-3,6,8H2,1H3. The SMILES string of the molecule is COc1ccc(-n2cncc2C2CCCNC2)cc1F. The van der Waals surface area contributed by atoms with Crippen molar-refractivity contribution in [3.63, 3.8) is 0 Å². The van der Waals surface area contributed by atoms with Crippen LogP contribution in [-0.2, 0) is 0 Å². The number of methoxy groups -OCH3 is 1. The van der Waals surface area contributed by atoms with Crippen LogP contribution in [0.1, 0.15) is 24.5 Å². The lowest BCUT2D eigenvalue weighted by molar-refractivity contribution is 0.386. The summed E-state index contributed by atoms with van der Waals surface area (Å²) in [5.41, 5.74) is 1.91. The van der Waals surface area contributed by atoms with Gasteiger partial charge >= 0.3 is 0 Å². The van der Waals surface area contributed by atoms with Gasteiger partial charge in [-0.25, -0.2) is 9.37 Å². The molecule has 3 rings (SSSR count). The van der Waals surface area contributed by atoms with Gasteiger partial charge in [-0.1, -0.05) is 0 Å². The van der Waals surface area contributed by atoms with Crippen molar-refractivity contribution in [3.05, 3.63) is 42.2 Å². The van der Waals surface area contributed by atoms with Crippen molar-refractivity contribution in [1.29, 1.82) is 0 Å². The monoisotopic (exact) mass is 275 g/mol. The van der Waals surface area contributed by atoms with E-state index in [0.29, 0.717) is 5.92 Å². The molecule has 0 saturated carbocycles. The lowest BCUT2D eigenvalue weighted by Crippen LogP contribution is -2.29. The third-order valence-electron chi connectivity index (χ3n) is 3.80. The Labute approximate surface area is 117 Å². The molecule has 1 N–H and O–H groups in total. The van der Waals surface area contributed by atoms with Crippen LogP contribution in [0.25, 0.3) is 5.69 Å². The number of rotatable bonds is 3. The van der Waals surface area contributed by atoms with Gasteiger partial charge in [0.05, 0.1) is 13.4 Å². The van der Waals surface area contributed by atoms with Gasteiger partial charge in [-0.2, -0.15) is 0 Å². The zero-order valence-corrected chi connectivity index (χ0v) is 11.5. The Morgan fingerprint density at radius 2 is 2.35 bits per heavy atom. The van der Waals surface area contributed by atoms with E-state index in [4.69, 9.17) is 4.74 Å². The van der Waals surface area contributed by atoms with Crippen LogP contribution in [0.15, 0.2) is 30.7 Å². The predicted molar refractivity (Wildman–Crippen MR) is 74.9 cm³/mol. The number of hydrogen-bond donors (Lipinski definition) is 1. The molecule has 0 bridgehead atoms. The van der Waals surface area contributed by atoms with Gasteiger partial charge in [0.1, 0.15) is 0 Å². The lowest BCUT2D eigenvalue weighted by atomic mass is 9.96. The van der Waals surface area contributed by atoms with Gasteiger partial charge < -0.3 is 14.6 Å². The van der Waals surface area contributed by atoms with Crippen molar-refractivity contribution < 1.29 is 9.13 Å². The minimum Gasteiger partial charge on any atom is -0.494 e.